The van der Waals surface area contributed by atoms with Gasteiger partial charge in [-0.1, -0.05) is 60.7 Å². The molecule has 1 amide bonds. The molecule has 132 valence electrons. The van der Waals surface area contributed by atoms with Crippen LogP contribution in [0.5, 0.6) is 0 Å². The molecule has 0 fully saturated rings. The van der Waals surface area contributed by atoms with Crippen LogP contribution in [0.1, 0.15) is 30.7 Å². The van der Waals surface area contributed by atoms with Gasteiger partial charge in [0.05, 0.1) is 6.42 Å². The summed E-state index contributed by atoms with van der Waals surface area (Å²) in [6, 6.07) is 18.4. The molecule has 4 rings (SSSR count). The highest BCUT2D eigenvalue weighted by Gasteiger charge is 2.39. The first kappa shape index (κ1) is 16.6. The van der Waals surface area contributed by atoms with Crippen LogP contribution in [-0.2, 0) is 23.2 Å². The number of para-hydroxylation sites is 1. The van der Waals surface area contributed by atoms with E-state index in [1.807, 2.05) is 35.2 Å². The minimum atomic E-state index is -0.296. The van der Waals surface area contributed by atoms with Crippen LogP contribution in [-0.4, -0.2) is 22.3 Å². The summed E-state index contributed by atoms with van der Waals surface area (Å²) in [5.41, 5.74) is 5.27. The highest BCUT2D eigenvalue weighted by molar-refractivity contribution is 5.91. The molecule has 1 atom stereocenters. The molecule has 0 aliphatic carbocycles. The van der Waals surface area contributed by atoms with E-state index < -0.39 is 0 Å². The van der Waals surface area contributed by atoms with Crippen LogP contribution < -0.4 is 0 Å². The van der Waals surface area contributed by atoms with Gasteiger partial charge >= 0.3 is 0 Å². The molecule has 2 aromatic carbocycles. The van der Waals surface area contributed by atoms with Crippen molar-refractivity contribution in [2.24, 2.45) is 0 Å². The van der Waals surface area contributed by atoms with Gasteiger partial charge < -0.3 is 9.88 Å². The van der Waals surface area contributed by atoms with E-state index in [9.17, 15) is 4.79 Å². The van der Waals surface area contributed by atoms with Gasteiger partial charge in [0, 0.05) is 35.1 Å². The normalized spacial score (nSPS) is 20.1. The fraction of sp³-hybridized carbons (Fsp3) is 0.261. The molecule has 0 saturated heterocycles. The van der Waals surface area contributed by atoms with E-state index in [-0.39, 0.29) is 11.3 Å². The molecular formula is C23H24N2O. The van der Waals surface area contributed by atoms with Crippen molar-refractivity contribution in [3.63, 3.8) is 0 Å². The van der Waals surface area contributed by atoms with Crippen molar-refractivity contribution in [2.75, 3.05) is 6.54 Å². The van der Waals surface area contributed by atoms with Crippen molar-refractivity contribution < 1.29 is 4.79 Å². The standard InChI is InChI=1S/C23H24N2O/c1-16(2)23(3)15-25(14-17-9-5-4-6-10-17)21(26)13-19-18-11-7-8-12-20(18)24-22(19)23/h4-12,24H,1,13-15H2,2-3H3. The van der Waals surface area contributed by atoms with Crippen LogP contribution >= 0.6 is 0 Å². The molecule has 3 nitrogen and oxygen atoms in total. The molecular weight excluding hydrogens is 320 g/mol. The van der Waals surface area contributed by atoms with Gasteiger partial charge in [0.1, 0.15) is 0 Å². The lowest BCUT2D eigenvalue weighted by atomic mass is 9.78. The van der Waals surface area contributed by atoms with E-state index in [1.54, 1.807) is 0 Å². The first-order chi connectivity index (χ1) is 12.5. The first-order valence-corrected chi connectivity index (χ1v) is 9.07. The number of carbonyl (C=O) groups excluding carboxylic acids is 1. The fourth-order valence-corrected chi connectivity index (χ4v) is 3.96. The number of benzene rings is 2. The molecule has 0 bridgehead atoms. The Labute approximate surface area is 154 Å². The summed E-state index contributed by atoms with van der Waals surface area (Å²) in [5, 5.41) is 1.14. The van der Waals surface area contributed by atoms with Crippen molar-refractivity contribution in [3.8, 4) is 0 Å². The summed E-state index contributed by atoms with van der Waals surface area (Å²) in [7, 11) is 0. The Hall–Kier alpha value is -2.81. The number of nitrogens with one attached hydrogen (secondary N) is 1. The molecule has 1 aliphatic rings. The first-order valence-electron chi connectivity index (χ1n) is 9.07. The molecule has 1 aromatic heterocycles. The van der Waals surface area contributed by atoms with Crippen LogP contribution in [0, 0.1) is 0 Å². The van der Waals surface area contributed by atoms with Crippen LogP contribution in [0.4, 0.5) is 0 Å². The average molecular weight is 344 g/mol. The second-order valence-corrected chi connectivity index (χ2v) is 7.55. The number of nitrogens with zero attached hydrogens (tertiary/aromatic N) is 1. The predicted octanol–water partition coefficient (Wildman–Crippen LogP) is 4.59. The monoisotopic (exact) mass is 344 g/mol. The Morgan fingerprint density at radius 1 is 1.15 bits per heavy atom. The second kappa shape index (κ2) is 6.17. The van der Waals surface area contributed by atoms with E-state index in [0.717, 1.165) is 33.3 Å². The van der Waals surface area contributed by atoms with E-state index >= 15 is 0 Å². The highest BCUT2D eigenvalue weighted by atomic mass is 16.2. The smallest absolute Gasteiger partial charge is 0.227 e. The summed E-state index contributed by atoms with van der Waals surface area (Å²) < 4.78 is 0. The number of aromatic amines is 1. The number of carbonyl (C=O) groups is 1. The van der Waals surface area contributed by atoms with E-state index in [2.05, 4.69) is 49.7 Å². The highest BCUT2D eigenvalue weighted by Crippen LogP contribution is 2.39. The van der Waals surface area contributed by atoms with E-state index in [0.29, 0.717) is 19.5 Å². The molecule has 0 radical (unpaired) electrons. The van der Waals surface area contributed by atoms with Crippen molar-refractivity contribution >= 4 is 16.8 Å². The molecule has 26 heavy (non-hydrogen) atoms. The maximum absolute atomic E-state index is 13.1. The third-order valence-electron chi connectivity index (χ3n) is 5.71. The van der Waals surface area contributed by atoms with Gasteiger partial charge in [0.15, 0.2) is 0 Å². The number of rotatable bonds is 3. The zero-order chi connectivity index (χ0) is 18.3. The molecule has 0 spiro atoms. The summed E-state index contributed by atoms with van der Waals surface area (Å²) in [5.74, 6) is 0.171. The minimum Gasteiger partial charge on any atom is -0.357 e. The van der Waals surface area contributed by atoms with Crippen LogP contribution in [0.2, 0.25) is 0 Å². The third-order valence-corrected chi connectivity index (χ3v) is 5.71. The second-order valence-electron chi connectivity index (χ2n) is 7.55. The number of H-pyrrole nitrogens is 1. The summed E-state index contributed by atoms with van der Waals surface area (Å²) in [4.78, 5) is 18.7. The predicted molar refractivity (Wildman–Crippen MR) is 106 cm³/mol. The molecule has 2 heterocycles. The van der Waals surface area contributed by atoms with Gasteiger partial charge in [0.2, 0.25) is 5.91 Å². The Morgan fingerprint density at radius 2 is 1.85 bits per heavy atom. The van der Waals surface area contributed by atoms with E-state index in [4.69, 9.17) is 0 Å². The summed E-state index contributed by atoms with van der Waals surface area (Å²) in [6.07, 6.45) is 0.426. The molecule has 1 unspecified atom stereocenters. The number of aromatic nitrogens is 1. The largest absolute Gasteiger partial charge is 0.357 e. The molecule has 1 aliphatic heterocycles. The Bertz CT molecular complexity index is 986. The zero-order valence-electron chi connectivity index (χ0n) is 15.4. The third kappa shape index (κ3) is 2.64. The van der Waals surface area contributed by atoms with Crippen molar-refractivity contribution in [1.82, 2.24) is 9.88 Å². The zero-order valence-corrected chi connectivity index (χ0v) is 15.4. The molecule has 3 aromatic rings. The maximum Gasteiger partial charge on any atom is 0.227 e. The Balaban J connectivity index is 1.81. The SMILES string of the molecule is C=C(C)C1(C)CN(Cc2ccccc2)C(=O)Cc2c1[nH]c1ccccc21. The lowest BCUT2D eigenvalue weighted by Gasteiger charge is -2.34. The number of hydrogen-bond acceptors (Lipinski definition) is 1. The van der Waals surface area contributed by atoms with Crippen LogP contribution in [0.3, 0.4) is 0 Å². The Morgan fingerprint density at radius 3 is 2.58 bits per heavy atom. The van der Waals surface area contributed by atoms with E-state index in [1.165, 1.54) is 0 Å². The molecule has 3 heteroatoms. The number of amides is 1. The lowest BCUT2D eigenvalue weighted by Crippen LogP contribution is -2.41. The fourth-order valence-electron chi connectivity index (χ4n) is 3.96. The summed E-state index contributed by atoms with van der Waals surface area (Å²) >= 11 is 0. The van der Waals surface area contributed by atoms with Crippen LogP contribution in [0.15, 0.2) is 66.7 Å². The summed E-state index contributed by atoms with van der Waals surface area (Å²) in [6.45, 7) is 9.79. The van der Waals surface area contributed by atoms with Crippen molar-refractivity contribution in [3.05, 3.63) is 83.6 Å². The van der Waals surface area contributed by atoms with Crippen LogP contribution in [0.25, 0.3) is 10.9 Å². The lowest BCUT2D eigenvalue weighted by molar-refractivity contribution is -0.131. The average Bonchev–Trinajstić information content (AvgIpc) is 2.96. The van der Waals surface area contributed by atoms with Gasteiger partial charge in [-0.2, -0.15) is 0 Å². The Kier molecular flexibility index (Phi) is 3.95. The quantitative estimate of drug-likeness (QED) is 0.693. The molecule has 1 N–H and O–H groups in total. The maximum atomic E-state index is 13.1. The number of hydrogen-bond donors (Lipinski definition) is 1. The van der Waals surface area contributed by atoms with Gasteiger partial charge in [-0.15, -0.1) is 0 Å². The number of fused-ring (bicyclic) bond motifs is 3. The van der Waals surface area contributed by atoms with Crippen molar-refractivity contribution in [1.29, 1.82) is 0 Å². The van der Waals surface area contributed by atoms with Gasteiger partial charge in [-0.05, 0) is 31.0 Å². The van der Waals surface area contributed by atoms with Gasteiger partial charge in [-0.25, -0.2) is 0 Å². The van der Waals surface area contributed by atoms with Gasteiger partial charge in [0.25, 0.3) is 0 Å². The minimum absolute atomic E-state index is 0.171. The topological polar surface area (TPSA) is 36.1 Å². The molecule has 0 saturated carbocycles. The van der Waals surface area contributed by atoms with Crippen molar-refractivity contribution in [2.45, 2.75) is 32.2 Å². The van der Waals surface area contributed by atoms with Gasteiger partial charge in [-0.3, -0.25) is 4.79 Å².